The Balaban J connectivity index is 1.88. The van der Waals surface area contributed by atoms with E-state index in [2.05, 4.69) is 5.10 Å². The summed E-state index contributed by atoms with van der Waals surface area (Å²) >= 11 is 0. The van der Waals surface area contributed by atoms with Gasteiger partial charge in [-0.3, -0.25) is 4.68 Å². The Hall–Kier alpha value is -1.97. The molecule has 2 aromatic rings. The highest BCUT2D eigenvalue weighted by Gasteiger charge is 2.33. The van der Waals surface area contributed by atoms with Crippen LogP contribution >= 0.6 is 0 Å². The van der Waals surface area contributed by atoms with Gasteiger partial charge in [0.1, 0.15) is 0 Å². The summed E-state index contributed by atoms with van der Waals surface area (Å²) in [6, 6.07) is 2.71. The molecule has 1 aliphatic rings. The summed E-state index contributed by atoms with van der Waals surface area (Å²) in [7, 11) is -2.51. The Bertz CT molecular complexity index is 897. The zero-order valence-electron chi connectivity index (χ0n) is 15.0. The van der Waals surface area contributed by atoms with Crippen molar-refractivity contribution < 1.29 is 22.3 Å². The Morgan fingerprint density at radius 1 is 1.42 bits per heavy atom. The highest BCUT2D eigenvalue weighted by atomic mass is 32.2. The average molecular weight is 383 g/mol. The number of ether oxygens (including phenoxy) is 2. The summed E-state index contributed by atoms with van der Waals surface area (Å²) in [6.45, 7) is 4.76. The molecule has 0 bridgehead atoms. The van der Waals surface area contributed by atoms with Crippen molar-refractivity contribution in [2.24, 2.45) is 0 Å². The van der Waals surface area contributed by atoms with Gasteiger partial charge in [-0.25, -0.2) is 12.8 Å². The molecule has 9 heteroatoms. The molecule has 1 saturated heterocycles. The summed E-state index contributed by atoms with van der Waals surface area (Å²) in [5.41, 5.74) is 0.871. The van der Waals surface area contributed by atoms with E-state index in [1.165, 1.54) is 30.5 Å². The van der Waals surface area contributed by atoms with Gasteiger partial charge in [0.05, 0.1) is 30.9 Å². The number of rotatable bonds is 5. The Labute approximate surface area is 152 Å². The first-order valence-electron chi connectivity index (χ1n) is 8.35. The fourth-order valence-electron chi connectivity index (χ4n) is 2.98. The molecule has 0 radical (unpaired) electrons. The Morgan fingerprint density at radius 2 is 2.19 bits per heavy atom. The van der Waals surface area contributed by atoms with E-state index in [1.54, 1.807) is 10.9 Å². The zero-order valence-corrected chi connectivity index (χ0v) is 15.8. The molecule has 0 spiro atoms. The van der Waals surface area contributed by atoms with Crippen molar-refractivity contribution in [1.29, 1.82) is 0 Å². The molecule has 0 saturated carbocycles. The standard InChI is InChI=1S/C17H22FN3O4S/c1-4-20-10-13(9-19-20)15-11-21(7-8-25-15)26(22,23)16-6-5-14(24-3)17(18)12(16)2/h5-6,9-10,15H,4,7-8,11H2,1-3H3/t15-/m1/s1. The van der Waals surface area contributed by atoms with Crippen molar-refractivity contribution in [3.63, 3.8) is 0 Å². The molecular weight excluding hydrogens is 361 g/mol. The van der Waals surface area contributed by atoms with Crippen LogP contribution in [0, 0.1) is 12.7 Å². The molecular formula is C17H22FN3O4S. The van der Waals surface area contributed by atoms with E-state index in [4.69, 9.17) is 9.47 Å². The minimum Gasteiger partial charge on any atom is -0.494 e. The molecule has 26 heavy (non-hydrogen) atoms. The first kappa shape index (κ1) is 18.8. The number of halogens is 1. The van der Waals surface area contributed by atoms with Crippen LogP contribution in [0.3, 0.4) is 0 Å². The minimum atomic E-state index is -3.85. The average Bonchev–Trinajstić information content (AvgIpc) is 3.13. The third-order valence-corrected chi connectivity index (χ3v) is 6.53. The van der Waals surface area contributed by atoms with Crippen molar-refractivity contribution in [2.75, 3.05) is 26.8 Å². The van der Waals surface area contributed by atoms with E-state index >= 15 is 0 Å². The number of sulfonamides is 1. The predicted molar refractivity (Wildman–Crippen MR) is 93.0 cm³/mol. The van der Waals surface area contributed by atoms with Crippen LogP contribution < -0.4 is 4.74 Å². The third kappa shape index (κ3) is 3.34. The second-order valence-electron chi connectivity index (χ2n) is 6.06. The summed E-state index contributed by atoms with van der Waals surface area (Å²) in [5, 5.41) is 4.21. The van der Waals surface area contributed by atoms with Gasteiger partial charge in [-0.05, 0) is 26.0 Å². The molecule has 1 aliphatic heterocycles. The number of benzene rings is 1. The number of aromatic nitrogens is 2. The van der Waals surface area contributed by atoms with E-state index in [1.807, 2.05) is 13.1 Å². The van der Waals surface area contributed by atoms with Gasteiger partial charge in [0.25, 0.3) is 0 Å². The van der Waals surface area contributed by atoms with Crippen molar-refractivity contribution in [1.82, 2.24) is 14.1 Å². The predicted octanol–water partition coefficient (Wildman–Crippen LogP) is 2.12. The van der Waals surface area contributed by atoms with Gasteiger partial charge in [0, 0.05) is 37.0 Å². The lowest BCUT2D eigenvalue weighted by atomic mass is 10.2. The number of methoxy groups -OCH3 is 1. The van der Waals surface area contributed by atoms with Crippen molar-refractivity contribution in [2.45, 2.75) is 31.4 Å². The van der Waals surface area contributed by atoms with Gasteiger partial charge in [0.2, 0.25) is 10.0 Å². The van der Waals surface area contributed by atoms with E-state index in [0.29, 0.717) is 0 Å². The normalized spacial score (nSPS) is 18.8. The van der Waals surface area contributed by atoms with Crippen LogP contribution in [-0.2, 0) is 21.3 Å². The second-order valence-corrected chi connectivity index (χ2v) is 7.96. The quantitative estimate of drug-likeness (QED) is 0.791. The van der Waals surface area contributed by atoms with E-state index in [9.17, 15) is 12.8 Å². The van der Waals surface area contributed by atoms with Crippen LogP contribution in [0.15, 0.2) is 29.4 Å². The lowest BCUT2D eigenvalue weighted by molar-refractivity contribution is -0.00261. The highest BCUT2D eigenvalue weighted by Crippen LogP contribution is 2.31. The Morgan fingerprint density at radius 3 is 2.85 bits per heavy atom. The monoisotopic (exact) mass is 383 g/mol. The summed E-state index contributed by atoms with van der Waals surface area (Å²) in [4.78, 5) is -0.0549. The number of nitrogens with zero attached hydrogens (tertiary/aromatic N) is 3. The summed E-state index contributed by atoms with van der Waals surface area (Å²) < 4.78 is 54.1. The van der Waals surface area contributed by atoms with Crippen LogP contribution in [0.2, 0.25) is 0 Å². The first-order chi connectivity index (χ1) is 12.4. The van der Waals surface area contributed by atoms with Crippen LogP contribution in [0.1, 0.15) is 24.2 Å². The van der Waals surface area contributed by atoms with Gasteiger partial charge >= 0.3 is 0 Å². The SMILES string of the molecule is CCn1cc([C@H]2CN(S(=O)(=O)c3ccc(OC)c(F)c3C)CCO2)cn1. The molecule has 142 valence electrons. The third-order valence-electron chi connectivity index (χ3n) is 4.52. The first-order valence-corrected chi connectivity index (χ1v) is 9.79. The molecule has 1 fully saturated rings. The van der Waals surface area contributed by atoms with Gasteiger partial charge in [-0.2, -0.15) is 9.40 Å². The van der Waals surface area contributed by atoms with Crippen molar-refractivity contribution in [3.8, 4) is 5.75 Å². The van der Waals surface area contributed by atoms with Gasteiger partial charge in [0.15, 0.2) is 11.6 Å². The van der Waals surface area contributed by atoms with Crippen molar-refractivity contribution in [3.05, 3.63) is 41.5 Å². The largest absolute Gasteiger partial charge is 0.494 e. The summed E-state index contributed by atoms with van der Waals surface area (Å²) in [6.07, 6.45) is 3.13. The maximum atomic E-state index is 14.3. The fourth-order valence-corrected chi connectivity index (χ4v) is 4.62. The molecule has 1 aromatic heterocycles. The number of aryl methyl sites for hydroxylation is 1. The second kappa shape index (κ2) is 7.34. The summed E-state index contributed by atoms with van der Waals surface area (Å²) in [5.74, 6) is -0.643. The maximum absolute atomic E-state index is 14.3. The molecule has 7 nitrogen and oxygen atoms in total. The number of hydrogen-bond donors (Lipinski definition) is 0. The van der Waals surface area contributed by atoms with E-state index in [-0.39, 0.29) is 35.9 Å². The lowest BCUT2D eigenvalue weighted by Gasteiger charge is -2.32. The van der Waals surface area contributed by atoms with Gasteiger partial charge in [-0.1, -0.05) is 0 Å². The molecule has 0 unspecified atom stereocenters. The van der Waals surface area contributed by atoms with Crippen LogP contribution in [0.5, 0.6) is 5.75 Å². The van der Waals surface area contributed by atoms with Gasteiger partial charge in [-0.15, -0.1) is 0 Å². The molecule has 2 heterocycles. The van der Waals surface area contributed by atoms with Crippen LogP contribution in [-0.4, -0.2) is 49.3 Å². The molecule has 0 aliphatic carbocycles. The molecule has 0 amide bonds. The fraction of sp³-hybridized carbons (Fsp3) is 0.471. The number of morpholine rings is 1. The zero-order chi connectivity index (χ0) is 18.9. The lowest BCUT2D eigenvalue weighted by Crippen LogP contribution is -2.42. The molecule has 3 rings (SSSR count). The smallest absolute Gasteiger partial charge is 0.243 e. The molecule has 0 N–H and O–H groups in total. The maximum Gasteiger partial charge on any atom is 0.243 e. The van der Waals surface area contributed by atoms with Crippen molar-refractivity contribution >= 4 is 10.0 Å². The van der Waals surface area contributed by atoms with E-state index in [0.717, 1.165) is 12.1 Å². The molecule has 1 aromatic carbocycles. The topological polar surface area (TPSA) is 73.7 Å². The van der Waals surface area contributed by atoms with Crippen LogP contribution in [0.25, 0.3) is 0 Å². The van der Waals surface area contributed by atoms with Gasteiger partial charge < -0.3 is 9.47 Å². The van der Waals surface area contributed by atoms with E-state index < -0.39 is 21.9 Å². The number of hydrogen-bond acceptors (Lipinski definition) is 5. The minimum absolute atomic E-state index is 0.0216. The van der Waals surface area contributed by atoms with Crippen LogP contribution in [0.4, 0.5) is 4.39 Å². The molecule has 1 atom stereocenters. The highest BCUT2D eigenvalue weighted by molar-refractivity contribution is 7.89. The Kier molecular flexibility index (Phi) is 5.31.